The van der Waals surface area contributed by atoms with Gasteiger partial charge in [-0.15, -0.1) is 26.3 Å². The molecule has 120 valence electrons. The van der Waals surface area contributed by atoms with E-state index in [0.29, 0.717) is 25.9 Å². The Morgan fingerprint density at radius 3 is 1.23 bits per heavy atom. The summed E-state index contributed by atoms with van der Waals surface area (Å²) < 4.78 is 0. The molecule has 0 aliphatic heterocycles. The van der Waals surface area contributed by atoms with Crippen LogP contribution in [0.4, 0.5) is 0 Å². The van der Waals surface area contributed by atoms with Crippen molar-refractivity contribution in [2.75, 3.05) is 13.1 Å². The van der Waals surface area contributed by atoms with Gasteiger partial charge >= 0.3 is 0 Å². The van der Waals surface area contributed by atoms with E-state index in [4.69, 9.17) is 22.0 Å². The van der Waals surface area contributed by atoms with Gasteiger partial charge in [-0.05, 0) is 38.8 Å². The highest BCUT2D eigenvalue weighted by molar-refractivity contribution is 5.17. The average molecular weight is 300 g/mol. The molecule has 0 spiro atoms. The molecular formula is C18H28N4. The summed E-state index contributed by atoms with van der Waals surface area (Å²) in [6.07, 6.45) is 9.41. The van der Waals surface area contributed by atoms with Gasteiger partial charge in [-0.25, -0.2) is 0 Å². The minimum Gasteiger partial charge on any atom is -0.330 e. The van der Waals surface area contributed by atoms with Crippen molar-refractivity contribution in [3.63, 3.8) is 0 Å². The van der Waals surface area contributed by atoms with Gasteiger partial charge in [0.1, 0.15) is 0 Å². The Morgan fingerprint density at radius 2 is 1.05 bits per heavy atom. The third-order valence-corrected chi connectivity index (χ3v) is 3.43. The Labute approximate surface area is 135 Å². The van der Waals surface area contributed by atoms with Crippen LogP contribution in [0.2, 0.25) is 0 Å². The van der Waals surface area contributed by atoms with Crippen LogP contribution in [-0.4, -0.2) is 13.1 Å². The van der Waals surface area contributed by atoms with Crippen molar-refractivity contribution in [3.8, 4) is 12.1 Å². The van der Waals surface area contributed by atoms with Gasteiger partial charge < -0.3 is 11.5 Å². The maximum atomic E-state index is 8.67. The van der Waals surface area contributed by atoms with Crippen LogP contribution in [0.25, 0.3) is 0 Å². The first-order chi connectivity index (χ1) is 10.5. The second kappa shape index (κ2) is 12.6. The van der Waals surface area contributed by atoms with Crippen molar-refractivity contribution in [2.24, 2.45) is 22.3 Å². The molecule has 0 saturated heterocycles. The second-order valence-corrected chi connectivity index (χ2v) is 5.19. The molecule has 22 heavy (non-hydrogen) atoms. The fraction of sp³-hybridized carbons (Fsp3) is 0.444. The highest BCUT2D eigenvalue weighted by atomic mass is 14.7. The van der Waals surface area contributed by atoms with Crippen LogP contribution in [0.1, 0.15) is 25.7 Å². The summed E-state index contributed by atoms with van der Waals surface area (Å²) in [6, 6.07) is 3.93. The van der Waals surface area contributed by atoms with E-state index >= 15 is 0 Å². The first-order valence-corrected chi connectivity index (χ1v) is 7.15. The first-order valence-electron chi connectivity index (χ1n) is 7.15. The Kier molecular flexibility index (Phi) is 12.7. The molecule has 4 heteroatoms. The maximum Gasteiger partial charge on any atom is 0.150 e. The van der Waals surface area contributed by atoms with Crippen LogP contribution in [0, 0.1) is 33.5 Å². The molecule has 0 rings (SSSR count). The number of nitriles is 2. The van der Waals surface area contributed by atoms with Gasteiger partial charge in [-0.3, -0.25) is 0 Å². The van der Waals surface area contributed by atoms with Crippen molar-refractivity contribution in [3.05, 3.63) is 50.6 Å². The molecule has 0 aromatic heterocycles. The average Bonchev–Trinajstić information content (AvgIpc) is 2.55. The molecule has 0 heterocycles. The predicted molar refractivity (Wildman–Crippen MR) is 93.5 cm³/mol. The molecule has 4 nitrogen and oxygen atoms in total. The van der Waals surface area contributed by atoms with Crippen molar-refractivity contribution >= 4 is 0 Å². The first kappa shape index (κ1) is 22.1. The number of nitrogens with two attached hydrogens (primary N) is 2. The molecule has 0 aromatic carbocycles. The lowest BCUT2D eigenvalue weighted by Crippen LogP contribution is -2.37. The highest BCUT2D eigenvalue weighted by Crippen LogP contribution is 2.25. The molecule has 4 N–H and O–H groups in total. The number of hydrogen-bond acceptors (Lipinski definition) is 4. The fourth-order valence-electron chi connectivity index (χ4n) is 1.90. The zero-order valence-corrected chi connectivity index (χ0v) is 13.4. The third-order valence-electron chi connectivity index (χ3n) is 3.43. The van der Waals surface area contributed by atoms with Gasteiger partial charge in [0.25, 0.3) is 0 Å². The lowest BCUT2D eigenvalue weighted by atomic mass is 9.81. The van der Waals surface area contributed by atoms with E-state index in [1.165, 1.54) is 0 Å². The minimum absolute atomic E-state index is 0.00347. The van der Waals surface area contributed by atoms with E-state index in [1.807, 2.05) is 24.3 Å². The zero-order chi connectivity index (χ0) is 17.5. The van der Waals surface area contributed by atoms with E-state index in [-0.39, 0.29) is 5.41 Å². The number of nitrogens with zero attached hydrogens (tertiary/aromatic N) is 2. The topological polar surface area (TPSA) is 99.6 Å². The Balaban J connectivity index is 0. The second-order valence-electron chi connectivity index (χ2n) is 5.19. The summed E-state index contributed by atoms with van der Waals surface area (Å²) in [7, 11) is 0. The summed E-state index contributed by atoms with van der Waals surface area (Å²) in [6.45, 7) is 15.5. The monoisotopic (exact) mass is 300 g/mol. The largest absolute Gasteiger partial charge is 0.330 e. The van der Waals surface area contributed by atoms with E-state index in [1.54, 1.807) is 12.2 Å². The van der Waals surface area contributed by atoms with Crippen LogP contribution in [0.5, 0.6) is 0 Å². The van der Waals surface area contributed by atoms with E-state index in [9.17, 15) is 0 Å². The molecule has 0 aliphatic carbocycles. The van der Waals surface area contributed by atoms with Gasteiger partial charge in [0.2, 0.25) is 0 Å². The zero-order valence-electron chi connectivity index (χ0n) is 13.4. The summed E-state index contributed by atoms with van der Waals surface area (Å²) in [5.74, 6) is 0. The fourth-order valence-corrected chi connectivity index (χ4v) is 1.90. The molecule has 0 atom stereocenters. The molecule has 0 bridgehead atoms. The molecule has 0 unspecified atom stereocenters. The smallest absolute Gasteiger partial charge is 0.150 e. The number of hydrogen-bond donors (Lipinski definition) is 2. The van der Waals surface area contributed by atoms with Gasteiger partial charge in [0, 0.05) is 5.41 Å². The summed E-state index contributed by atoms with van der Waals surface area (Å²) >= 11 is 0. The van der Waals surface area contributed by atoms with Gasteiger partial charge in [0.05, 0.1) is 12.1 Å². The summed E-state index contributed by atoms with van der Waals surface area (Å²) in [5, 5.41) is 17.3. The Hall–Kier alpha value is -2.14. The standard InChI is InChI=1S/C9H18N2.C9H10N2/c2*1-3-5-9(7-10,8-11)6-4-2/h3-4H,1-2,5-8,10-11H2;3-4H,1-2,5-6H2. The molecule has 0 amide bonds. The van der Waals surface area contributed by atoms with Crippen LogP contribution in [0.15, 0.2) is 50.6 Å². The van der Waals surface area contributed by atoms with E-state index in [2.05, 4.69) is 26.3 Å². The quantitative estimate of drug-likeness (QED) is 0.605. The van der Waals surface area contributed by atoms with Crippen molar-refractivity contribution in [1.29, 1.82) is 10.5 Å². The minimum atomic E-state index is -0.941. The lowest BCUT2D eigenvalue weighted by molar-refractivity contribution is 0.318. The molecule has 0 aliphatic rings. The third kappa shape index (κ3) is 7.59. The predicted octanol–water partition coefficient (Wildman–Crippen LogP) is 3.21. The van der Waals surface area contributed by atoms with E-state index < -0.39 is 5.41 Å². The molecule has 0 aromatic rings. The van der Waals surface area contributed by atoms with Crippen LogP contribution < -0.4 is 11.5 Å². The summed E-state index contributed by atoms with van der Waals surface area (Å²) in [5.41, 5.74) is 10.3. The highest BCUT2D eigenvalue weighted by Gasteiger charge is 2.26. The van der Waals surface area contributed by atoms with Gasteiger partial charge in [-0.2, -0.15) is 10.5 Å². The molecule has 0 radical (unpaired) electrons. The van der Waals surface area contributed by atoms with Crippen LogP contribution in [-0.2, 0) is 0 Å². The van der Waals surface area contributed by atoms with Crippen LogP contribution >= 0.6 is 0 Å². The summed E-state index contributed by atoms with van der Waals surface area (Å²) in [4.78, 5) is 0. The molecule has 0 fully saturated rings. The lowest BCUT2D eigenvalue weighted by Gasteiger charge is -2.28. The van der Waals surface area contributed by atoms with Crippen LogP contribution in [0.3, 0.4) is 0 Å². The SMILES string of the molecule is C=CCC(C#N)(C#N)CC=C.C=CCC(CN)(CN)CC=C. The Morgan fingerprint density at radius 1 is 0.727 bits per heavy atom. The molecule has 0 saturated carbocycles. The van der Waals surface area contributed by atoms with Crippen molar-refractivity contribution in [2.45, 2.75) is 25.7 Å². The number of allylic oxidation sites excluding steroid dienone is 4. The molecular weight excluding hydrogens is 272 g/mol. The normalized spacial score (nSPS) is 10.2. The Bertz CT molecular complexity index is 395. The maximum absolute atomic E-state index is 8.67. The number of rotatable bonds is 10. The van der Waals surface area contributed by atoms with E-state index in [0.717, 1.165) is 12.8 Å². The van der Waals surface area contributed by atoms with Gasteiger partial charge in [0.15, 0.2) is 5.41 Å². The van der Waals surface area contributed by atoms with Gasteiger partial charge in [-0.1, -0.05) is 24.3 Å². The van der Waals surface area contributed by atoms with Crippen molar-refractivity contribution in [1.82, 2.24) is 0 Å². The van der Waals surface area contributed by atoms with Crippen molar-refractivity contribution < 1.29 is 0 Å².